The SMILES string of the molecule is CNS(=O)(=O)c1cc(C(=O)Nc2ccccc2SC)oc1C. The van der Waals surface area contributed by atoms with Crippen molar-refractivity contribution in [3.8, 4) is 0 Å². The lowest BCUT2D eigenvalue weighted by Crippen LogP contribution is -2.18. The highest BCUT2D eigenvalue weighted by molar-refractivity contribution is 7.98. The molecule has 0 unspecified atom stereocenters. The molecular weight excluding hydrogens is 324 g/mol. The number of para-hydroxylation sites is 1. The molecule has 2 rings (SSSR count). The van der Waals surface area contributed by atoms with Crippen LogP contribution in [0, 0.1) is 6.92 Å². The van der Waals surface area contributed by atoms with Crippen molar-refractivity contribution in [1.29, 1.82) is 0 Å². The third-order valence-electron chi connectivity index (χ3n) is 3.01. The summed E-state index contributed by atoms with van der Waals surface area (Å²) < 4.78 is 31.1. The van der Waals surface area contributed by atoms with Gasteiger partial charge in [-0.05, 0) is 32.4 Å². The predicted octanol–water partition coefficient (Wildman–Crippen LogP) is 2.47. The first-order valence-corrected chi connectivity index (χ1v) is 9.08. The van der Waals surface area contributed by atoms with Gasteiger partial charge in [0.25, 0.3) is 5.91 Å². The van der Waals surface area contributed by atoms with Crippen molar-refractivity contribution in [2.45, 2.75) is 16.7 Å². The van der Waals surface area contributed by atoms with Crippen LogP contribution in [-0.4, -0.2) is 27.6 Å². The Balaban J connectivity index is 2.30. The summed E-state index contributed by atoms with van der Waals surface area (Å²) in [6, 6.07) is 8.54. The van der Waals surface area contributed by atoms with Crippen LogP contribution in [0.1, 0.15) is 16.3 Å². The Morgan fingerprint density at radius 2 is 1.95 bits per heavy atom. The fraction of sp³-hybridized carbons (Fsp3) is 0.214. The van der Waals surface area contributed by atoms with Crippen LogP contribution in [0.2, 0.25) is 0 Å². The lowest BCUT2D eigenvalue weighted by atomic mass is 10.3. The Labute approximate surface area is 133 Å². The fourth-order valence-corrected chi connectivity index (χ4v) is 3.34. The van der Waals surface area contributed by atoms with Crippen molar-refractivity contribution >= 4 is 33.4 Å². The average molecular weight is 340 g/mol. The van der Waals surface area contributed by atoms with Crippen molar-refractivity contribution in [2.75, 3.05) is 18.6 Å². The maximum absolute atomic E-state index is 12.2. The van der Waals surface area contributed by atoms with E-state index in [4.69, 9.17) is 4.42 Å². The minimum Gasteiger partial charge on any atom is -0.455 e. The maximum atomic E-state index is 12.2. The number of benzene rings is 1. The molecule has 0 aliphatic heterocycles. The molecule has 118 valence electrons. The smallest absolute Gasteiger partial charge is 0.291 e. The van der Waals surface area contributed by atoms with Gasteiger partial charge < -0.3 is 9.73 Å². The number of furan rings is 1. The Morgan fingerprint density at radius 3 is 2.59 bits per heavy atom. The van der Waals surface area contributed by atoms with Gasteiger partial charge in [0, 0.05) is 11.0 Å². The third-order valence-corrected chi connectivity index (χ3v) is 5.33. The maximum Gasteiger partial charge on any atom is 0.291 e. The second kappa shape index (κ2) is 6.55. The Hall–Kier alpha value is -1.77. The minimum absolute atomic E-state index is 0.0432. The number of hydrogen-bond acceptors (Lipinski definition) is 5. The molecule has 22 heavy (non-hydrogen) atoms. The average Bonchev–Trinajstić information content (AvgIpc) is 2.90. The van der Waals surface area contributed by atoms with Crippen LogP contribution in [0.15, 0.2) is 44.5 Å². The zero-order valence-corrected chi connectivity index (χ0v) is 14.0. The van der Waals surface area contributed by atoms with Gasteiger partial charge in [-0.25, -0.2) is 13.1 Å². The van der Waals surface area contributed by atoms with E-state index in [1.165, 1.54) is 31.8 Å². The molecule has 1 amide bonds. The van der Waals surface area contributed by atoms with Crippen LogP contribution in [0.5, 0.6) is 0 Å². The second-order valence-corrected chi connectivity index (χ2v) is 7.10. The van der Waals surface area contributed by atoms with Gasteiger partial charge in [0.15, 0.2) is 5.76 Å². The van der Waals surface area contributed by atoms with Gasteiger partial charge in [0.1, 0.15) is 10.7 Å². The van der Waals surface area contributed by atoms with E-state index in [2.05, 4.69) is 10.0 Å². The number of carbonyl (C=O) groups is 1. The topological polar surface area (TPSA) is 88.4 Å². The van der Waals surface area contributed by atoms with E-state index < -0.39 is 15.9 Å². The molecule has 2 N–H and O–H groups in total. The summed E-state index contributed by atoms with van der Waals surface area (Å²) in [5, 5.41) is 2.72. The molecule has 0 atom stereocenters. The highest BCUT2D eigenvalue weighted by Crippen LogP contribution is 2.26. The Bertz CT molecular complexity index is 797. The van der Waals surface area contributed by atoms with E-state index >= 15 is 0 Å². The van der Waals surface area contributed by atoms with Gasteiger partial charge in [-0.1, -0.05) is 12.1 Å². The Morgan fingerprint density at radius 1 is 1.27 bits per heavy atom. The third kappa shape index (κ3) is 3.34. The van der Waals surface area contributed by atoms with Crippen LogP contribution in [0.3, 0.4) is 0 Å². The van der Waals surface area contributed by atoms with E-state index in [0.29, 0.717) is 5.69 Å². The normalized spacial score (nSPS) is 11.4. The lowest BCUT2D eigenvalue weighted by Gasteiger charge is -2.07. The molecule has 0 bridgehead atoms. The molecule has 2 aromatic rings. The quantitative estimate of drug-likeness (QED) is 0.816. The van der Waals surface area contributed by atoms with Crippen molar-refractivity contribution in [3.05, 3.63) is 41.9 Å². The predicted molar refractivity (Wildman–Crippen MR) is 85.9 cm³/mol. The van der Waals surface area contributed by atoms with Crippen LogP contribution < -0.4 is 10.0 Å². The number of hydrogen-bond donors (Lipinski definition) is 2. The molecule has 8 heteroatoms. The molecule has 1 heterocycles. The second-order valence-electron chi connectivity index (χ2n) is 4.39. The fourth-order valence-electron chi connectivity index (χ4n) is 1.89. The number of amides is 1. The van der Waals surface area contributed by atoms with Gasteiger partial charge >= 0.3 is 0 Å². The van der Waals surface area contributed by atoms with Gasteiger partial charge in [-0.3, -0.25) is 4.79 Å². The van der Waals surface area contributed by atoms with Crippen LogP contribution in [-0.2, 0) is 10.0 Å². The van der Waals surface area contributed by atoms with E-state index in [-0.39, 0.29) is 16.4 Å². The number of thioether (sulfide) groups is 1. The van der Waals surface area contributed by atoms with Crippen LogP contribution >= 0.6 is 11.8 Å². The number of rotatable bonds is 5. The monoisotopic (exact) mass is 340 g/mol. The number of sulfonamides is 1. The van der Waals surface area contributed by atoms with E-state index in [1.54, 1.807) is 12.1 Å². The summed E-state index contributed by atoms with van der Waals surface area (Å²) in [7, 11) is -2.35. The van der Waals surface area contributed by atoms with Crippen LogP contribution in [0.25, 0.3) is 0 Å². The summed E-state index contributed by atoms with van der Waals surface area (Å²) in [5.41, 5.74) is 0.645. The molecule has 0 saturated heterocycles. The largest absolute Gasteiger partial charge is 0.455 e. The molecule has 6 nitrogen and oxygen atoms in total. The van der Waals surface area contributed by atoms with Gasteiger partial charge in [0.2, 0.25) is 10.0 Å². The number of aryl methyl sites for hydroxylation is 1. The van der Waals surface area contributed by atoms with E-state index in [9.17, 15) is 13.2 Å². The highest BCUT2D eigenvalue weighted by atomic mass is 32.2. The van der Waals surface area contributed by atoms with Crippen molar-refractivity contribution in [3.63, 3.8) is 0 Å². The standard InChI is InChI=1S/C14H16N2O4S2/c1-9-13(22(18,19)15-2)8-11(20-9)14(17)16-10-6-4-5-7-12(10)21-3/h4-8,15H,1-3H3,(H,16,17). The summed E-state index contributed by atoms with van der Waals surface area (Å²) in [6.45, 7) is 1.50. The van der Waals surface area contributed by atoms with Gasteiger partial charge in [0.05, 0.1) is 5.69 Å². The molecule has 1 aromatic carbocycles. The van der Waals surface area contributed by atoms with Crippen molar-refractivity contribution in [2.24, 2.45) is 0 Å². The first-order valence-electron chi connectivity index (χ1n) is 6.37. The molecule has 0 saturated carbocycles. The molecule has 0 spiro atoms. The Kier molecular flexibility index (Phi) is 4.94. The van der Waals surface area contributed by atoms with Gasteiger partial charge in [-0.2, -0.15) is 0 Å². The molecule has 0 aliphatic carbocycles. The van der Waals surface area contributed by atoms with Crippen molar-refractivity contribution in [1.82, 2.24) is 4.72 Å². The number of anilines is 1. The molecule has 0 fully saturated rings. The van der Waals surface area contributed by atoms with Crippen molar-refractivity contribution < 1.29 is 17.6 Å². The van der Waals surface area contributed by atoms with E-state index in [0.717, 1.165) is 4.90 Å². The number of carbonyl (C=O) groups excluding carboxylic acids is 1. The summed E-state index contributed by atoms with van der Waals surface area (Å²) in [4.78, 5) is 13.1. The van der Waals surface area contributed by atoms with E-state index in [1.807, 2.05) is 18.4 Å². The molecule has 0 radical (unpaired) electrons. The van der Waals surface area contributed by atoms with Crippen LogP contribution in [0.4, 0.5) is 5.69 Å². The lowest BCUT2D eigenvalue weighted by molar-refractivity contribution is 0.0995. The first-order chi connectivity index (χ1) is 10.4. The zero-order chi connectivity index (χ0) is 16.3. The molecular formula is C14H16N2O4S2. The summed E-state index contributed by atoms with van der Waals surface area (Å²) in [6.07, 6.45) is 1.90. The van der Waals surface area contributed by atoms with Gasteiger partial charge in [-0.15, -0.1) is 11.8 Å². The molecule has 1 aromatic heterocycles. The summed E-state index contributed by atoms with van der Waals surface area (Å²) in [5.74, 6) is -0.387. The minimum atomic E-state index is -3.66. The highest BCUT2D eigenvalue weighted by Gasteiger charge is 2.23. The zero-order valence-electron chi connectivity index (χ0n) is 12.3. The summed E-state index contributed by atoms with van der Waals surface area (Å²) >= 11 is 1.50. The first kappa shape index (κ1) is 16.6. The number of nitrogens with one attached hydrogen (secondary N) is 2. The molecule has 0 aliphatic rings.